The molecule has 1 aromatic carbocycles. The van der Waals surface area contributed by atoms with Gasteiger partial charge in [0.1, 0.15) is 5.69 Å². The number of methoxy groups -OCH3 is 1. The Bertz CT molecular complexity index is 670. The maximum Gasteiger partial charge on any atom is 0.352 e. The lowest BCUT2D eigenvalue weighted by Crippen LogP contribution is -2.08. The van der Waals surface area contributed by atoms with Gasteiger partial charge in [0, 0.05) is 16.5 Å². The van der Waals surface area contributed by atoms with Crippen molar-refractivity contribution in [1.82, 2.24) is 4.98 Å². The molecule has 0 radical (unpaired) electrons. The number of nitrogens with one attached hydrogen (secondary N) is 1. The van der Waals surface area contributed by atoms with Crippen molar-refractivity contribution >= 4 is 22.8 Å². The van der Waals surface area contributed by atoms with Gasteiger partial charge in [-0.3, -0.25) is 4.79 Å². The number of aryl methyl sites for hydroxylation is 2. The first-order valence-corrected chi connectivity index (χ1v) is 5.86. The number of carbonyl (C=O) groups excluding carboxylic acids is 1. The van der Waals surface area contributed by atoms with Crippen LogP contribution in [0.5, 0.6) is 0 Å². The van der Waals surface area contributed by atoms with Gasteiger partial charge < -0.3 is 14.8 Å². The minimum absolute atomic E-state index is 0.0501. The second kappa shape index (κ2) is 4.76. The van der Waals surface area contributed by atoms with Gasteiger partial charge >= 0.3 is 11.9 Å². The average molecular weight is 261 g/mol. The summed E-state index contributed by atoms with van der Waals surface area (Å²) in [6.45, 7) is 3.83. The van der Waals surface area contributed by atoms with E-state index in [1.54, 1.807) is 0 Å². The molecule has 5 heteroatoms. The normalized spacial score (nSPS) is 10.7. The van der Waals surface area contributed by atoms with Gasteiger partial charge in [0.05, 0.1) is 13.5 Å². The summed E-state index contributed by atoms with van der Waals surface area (Å²) < 4.78 is 4.62. The summed E-state index contributed by atoms with van der Waals surface area (Å²) in [6, 6.07) is 3.84. The largest absolute Gasteiger partial charge is 0.477 e. The number of carboxylic acid groups (broad SMARTS) is 1. The summed E-state index contributed by atoms with van der Waals surface area (Å²) in [5.41, 5.74) is 3.25. The highest BCUT2D eigenvalue weighted by Gasteiger charge is 2.20. The highest BCUT2D eigenvalue weighted by molar-refractivity contribution is 6.00. The van der Waals surface area contributed by atoms with E-state index in [1.165, 1.54) is 7.11 Å². The van der Waals surface area contributed by atoms with Crippen LogP contribution in [0.3, 0.4) is 0 Å². The van der Waals surface area contributed by atoms with Crippen molar-refractivity contribution in [3.05, 3.63) is 34.5 Å². The van der Waals surface area contributed by atoms with Crippen LogP contribution >= 0.6 is 0 Å². The van der Waals surface area contributed by atoms with E-state index in [4.69, 9.17) is 0 Å². The van der Waals surface area contributed by atoms with Crippen LogP contribution in [0.2, 0.25) is 0 Å². The van der Waals surface area contributed by atoms with Crippen molar-refractivity contribution in [1.29, 1.82) is 0 Å². The Balaban J connectivity index is 2.72. The number of hydrogen-bond donors (Lipinski definition) is 2. The molecule has 0 atom stereocenters. The molecule has 0 aliphatic rings. The van der Waals surface area contributed by atoms with Gasteiger partial charge in [-0.1, -0.05) is 11.6 Å². The summed E-state index contributed by atoms with van der Waals surface area (Å²) in [5, 5.41) is 9.99. The summed E-state index contributed by atoms with van der Waals surface area (Å²) >= 11 is 0. The van der Waals surface area contributed by atoms with Crippen LogP contribution in [0, 0.1) is 13.8 Å². The number of H-pyrrole nitrogens is 1. The summed E-state index contributed by atoms with van der Waals surface area (Å²) in [5.74, 6) is -1.53. The second-order valence-corrected chi connectivity index (χ2v) is 4.54. The Morgan fingerprint density at radius 3 is 2.58 bits per heavy atom. The van der Waals surface area contributed by atoms with Crippen LogP contribution in [0.1, 0.15) is 27.2 Å². The molecule has 0 fully saturated rings. The molecule has 0 aliphatic carbocycles. The maximum absolute atomic E-state index is 11.4. The number of rotatable bonds is 3. The van der Waals surface area contributed by atoms with E-state index >= 15 is 0 Å². The van der Waals surface area contributed by atoms with Crippen LogP contribution in [-0.4, -0.2) is 29.1 Å². The first-order chi connectivity index (χ1) is 8.93. The summed E-state index contributed by atoms with van der Waals surface area (Å²) in [4.78, 5) is 25.6. The molecule has 2 rings (SSSR count). The molecule has 0 aliphatic heterocycles. The topological polar surface area (TPSA) is 79.4 Å². The van der Waals surface area contributed by atoms with Gasteiger partial charge in [0.15, 0.2) is 0 Å². The van der Waals surface area contributed by atoms with Crippen LogP contribution in [0.4, 0.5) is 0 Å². The van der Waals surface area contributed by atoms with E-state index in [2.05, 4.69) is 9.72 Å². The van der Waals surface area contributed by atoms with E-state index < -0.39 is 11.9 Å². The van der Waals surface area contributed by atoms with Crippen molar-refractivity contribution in [2.45, 2.75) is 20.3 Å². The fourth-order valence-corrected chi connectivity index (χ4v) is 2.29. The summed E-state index contributed by atoms with van der Waals surface area (Å²) in [6.07, 6.45) is -0.0545. The Hall–Kier alpha value is -2.30. The first kappa shape index (κ1) is 13.1. The predicted octanol–water partition coefficient (Wildman–Crippen LogP) is 2.20. The van der Waals surface area contributed by atoms with Gasteiger partial charge in [-0.2, -0.15) is 0 Å². The van der Waals surface area contributed by atoms with E-state index in [1.807, 2.05) is 26.0 Å². The standard InChI is InChI=1S/C14H15NO4/c1-7-4-8(2)12-9(5-7)10(6-11(16)19-3)13(15-12)14(17)18/h4-5,15H,6H2,1-3H3,(H,17,18). The van der Waals surface area contributed by atoms with Gasteiger partial charge in [-0.05, 0) is 25.5 Å². The van der Waals surface area contributed by atoms with Crippen molar-refractivity contribution in [3.63, 3.8) is 0 Å². The maximum atomic E-state index is 11.4. The SMILES string of the molecule is COC(=O)Cc1c(C(=O)O)[nH]c2c(C)cc(C)cc12. The lowest BCUT2D eigenvalue weighted by Gasteiger charge is -2.02. The van der Waals surface area contributed by atoms with Crippen molar-refractivity contribution in [3.8, 4) is 0 Å². The number of carbonyl (C=O) groups is 2. The molecule has 0 unspecified atom stereocenters. The molecule has 5 nitrogen and oxygen atoms in total. The van der Waals surface area contributed by atoms with Crippen molar-refractivity contribution in [2.24, 2.45) is 0 Å². The monoisotopic (exact) mass is 261 g/mol. The minimum Gasteiger partial charge on any atom is -0.477 e. The van der Waals surface area contributed by atoms with E-state index in [0.29, 0.717) is 5.56 Å². The number of benzene rings is 1. The lowest BCUT2D eigenvalue weighted by molar-refractivity contribution is -0.139. The molecule has 0 amide bonds. The number of aromatic nitrogens is 1. The molecule has 2 aromatic rings. The third-order valence-corrected chi connectivity index (χ3v) is 3.12. The zero-order valence-corrected chi connectivity index (χ0v) is 11.0. The molecule has 1 heterocycles. The number of hydrogen-bond acceptors (Lipinski definition) is 3. The van der Waals surface area contributed by atoms with E-state index in [9.17, 15) is 14.7 Å². The average Bonchev–Trinajstić information content (AvgIpc) is 2.68. The molecule has 19 heavy (non-hydrogen) atoms. The van der Waals surface area contributed by atoms with Crippen LogP contribution in [0.25, 0.3) is 10.9 Å². The van der Waals surface area contributed by atoms with Crippen LogP contribution in [-0.2, 0) is 16.0 Å². The molecule has 0 saturated heterocycles. The Labute approximate surface area is 110 Å². The lowest BCUT2D eigenvalue weighted by atomic mass is 10.0. The van der Waals surface area contributed by atoms with Gasteiger partial charge in [-0.25, -0.2) is 4.79 Å². The third kappa shape index (κ3) is 2.31. The first-order valence-electron chi connectivity index (χ1n) is 5.86. The zero-order valence-electron chi connectivity index (χ0n) is 11.0. The second-order valence-electron chi connectivity index (χ2n) is 4.54. The molecule has 2 N–H and O–H groups in total. The van der Waals surface area contributed by atoms with E-state index in [-0.39, 0.29) is 12.1 Å². The molecule has 0 saturated carbocycles. The van der Waals surface area contributed by atoms with Crippen molar-refractivity contribution < 1.29 is 19.4 Å². The van der Waals surface area contributed by atoms with Gasteiger partial charge in [-0.15, -0.1) is 0 Å². The molecular weight excluding hydrogens is 246 g/mol. The Morgan fingerprint density at radius 1 is 1.32 bits per heavy atom. The zero-order chi connectivity index (χ0) is 14.2. The molecule has 0 bridgehead atoms. The minimum atomic E-state index is -1.08. The molecule has 0 spiro atoms. The molecular formula is C14H15NO4. The fraction of sp³-hybridized carbons (Fsp3) is 0.286. The predicted molar refractivity (Wildman–Crippen MR) is 70.5 cm³/mol. The highest BCUT2D eigenvalue weighted by Crippen LogP contribution is 2.27. The number of esters is 1. The van der Waals surface area contributed by atoms with Gasteiger partial charge in [0.25, 0.3) is 0 Å². The third-order valence-electron chi connectivity index (χ3n) is 3.12. The number of fused-ring (bicyclic) bond motifs is 1. The quantitative estimate of drug-likeness (QED) is 0.830. The number of aromatic amines is 1. The van der Waals surface area contributed by atoms with E-state index in [0.717, 1.165) is 22.0 Å². The van der Waals surface area contributed by atoms with Crippen LogP contribution < -0.4 is 0 Å². The Kier molecular flexibility index (Phi) is 3.29. The smallest absolute Gasteiger partial charge is 0.352 e. The fourth-order valence-electron chi connectivity index (χ4n) is 2.29. The van der Waals surface area contributed by atoms with Crippen molar-refractivity contribution in [2.75, 3.05) is 7.11 Å². The highest BCUT2D eigenvalue weighted by atomic mass is 16.5. The molecule has 100 valence electrons. The Morgan fingerprint density at radius 2 is 2.00 bits per heavy atom. The summed E-state index contributed by atoms with van der Waals surface area (Å²) in [7, 11) is 1.29. The number of ether oxygens (including phenoxy) is 1. The number of carboxylic acids is 1. The molecule has 1 aromatic heterocycles. The van der Waals surface area contributed by atoms with Crippen LogP contribution in [0.15, 0.2) is 12.1 Å². The number of aromatic carboxylic acids is 1. The van der Waals surface area contributed by atoms with Gasteiger partial charge in [0.2, 0.25) is 0 Å².